The Morgan fingerprint density at radius 3 is 2.12 bits per heavy atom. The average Bonchev–Trinajstić information content (AvgIpc) is 2.11. The number of hydrogen-bond acceptors (Lipinski definition) is 4. The molecule has 0 radical (unpaired) electrons. The molecule has 0 aromatic rings. The minimum Gasteiger partial charge on any atom is -0.481 e. The van der Waals surface area contributed by atoms with Crippen LogP contribution < -0.4 is 0 Å². The summed E-state index contributed by atoms with van der Waals surface area (Å²) in [7, 11) is 0. The number of esters is 1. The number of ketones is 1. The summed E-state index contributed by atoms with van der Waals surface area (Å²) in [5.41, 5.74) is 0. The third-order valence-corrected chi connectivity index (χ3v) is 1.55. The fourth-order valence-electron chi connectivity index (χ4n) is 0.898. The number of rotatable bonds is 5. The van der Waals surface area contributed by atoms with Crippen LogP contribution in [0.3, 0.4) is 0 Å². The van der Waals surface area contributed by atoms with Crippen molar-refractivity contribution in [2.45, 2.75) is 19.5 Å². The highest BCUT2D eigenvalue weighted by Crippen LogP contribution is 2.23. The minimum atomic E-state index is -5.26. The summed E-state index contributed by atoms with van der Waals surface area (Å²) < 4.78 is 40.2. The molecule has 0 bridgehead atoms. The molecule has 0 heterocycles. The number of alkyl halides is 3. The number of carboxylic acids is 1. The van der Waals surface area contributed by atoms with Crippen LogP contribution in [0.15, 0.2) is 0 Å². The Morgan fingerprint density at radius 2 is 1.81 bits per heavy atom. The molecule has 0 saturated carbocycles. The molecule has 0 fully saturated rings. The van der Waals surface area contributed by atoms with Crippen LogP contribution >= 0.6 is 0 Å². The molecule has 0 aliphatic rings. The summed E-state index contributed by atoms with van der Waals surface area (Å²) in [6.45, 7) is 1.09. The first-order valence-corrected chi connectivity index (χ1v) is 4.19. The van der Waals surface area contributed by atoms with Gasteiger partial charge in [0.15, 0.2) is 0 Å². The first kappa shape index (κ1) is 14.4. The molecule has 92 valence electrons. The van der Waals surface area contributed by atoms with Crippen LogP contribution in [0.2, 0.25) is 0 Å². The number of carboxylic acid groups (broad SMARTS) is 1. The van der Waals surface area contributed by atoms with E-state index in [4.69, 9.17) is 5.11 Å². The zero-order valence-electron chi connectivity index (χ0n) is 8.21. The van der Waals surface area contributed by atoms with Gasteiger partial charge in [0.1, 0.15) is 5.92 Å². The summed E-state index contributed by atoms with van der Waals surface area (Å²) in [6, 6.07) is 0. The van der Waals surface area contributed by atoms with Gasteiger partial charge in [-0.2, -0.15) is 13.2 Å². The quantitative estimate of drug-likeness (QED) is 0.569. The Hall–Kier alpha value is -1.60. The van der Waals surface area contributed by atoms with E-state index in [1.165, 1.54) is 6.92 Å². The monoisotopic (exact) mass is 242 g/mol. The number of carbonyl (C=O) groups is 3. The summed E-state index contributed by atoms with van der Waals surface area (Å²) in [5, 5.41) is 8.29. The van der Waals surface area contributed by atoms with Gasteiger partial charge in [-0.1, -0.05) is 0 Å². The number of halogens is 3. The average molecular weight is 242 g/mol. The summed E-state index contributed by atoms with van der Waals surface area (Å²) in [6.07, 6.45) is -6.50. The third kappa shape index (κ3) is 4.28. The smallest absolute Gasteiger partial charge is 0.450 e. The zero-order chi connectivity index (χ0) is 12.9. The van der Waals surface area contributed by atoms with Crippen molar-refractivity contribution in [1.82, 2.24) is 0 Å². The highest BCUT2D eigenvalue weighted by atomic mass is 19.4. The van der Waals surface area contributed by atoms with Gasteiger partial charge in [0.05, 0.1) is 13.0 Å². The van der Waals surface area contributed by atoms with Crippen molar-refractivity contribution in [3.63, 3.8) is 0 Å². The van der Waals surface area contributed by atoms with Crippen LogP contribution in [0.25, 0.3) is 0 Å². The van der Waals surface area contributed by atoms with Crippen LogP contribution in [0.5, 0.6) is 0 Å². The fourth-order valence-corrected chi connectivity index (χ4v) is 0.898. The number of hydrogen-bond donors (Lipinski definition) is 1. The first-order valence-electron chi connectivity index (χ1n) is 4.19. The molecule has 16 heavy (non-hydrogen) atoms. The molecule has 8 heteroatoms. The molecule has 0 rings (SSSR count). The molecular formula is C8H9F3O5. The maximum absolute atomic E-state index is 12.0. The molecule has 0 aliphatic carbocycles. The van der Waals surface area contributed by atoms with E-state index >= 15 is 0 Å². The molecule has 0 saturated heterocycles. The number of aliphatic carboxylic acids is 1. The van der Waals surface area contributed by atoms with Crippen LogP contribution in [0.4, 0.5) is 13.2 Å². The largest absolute Gasteiger partial charge is 0.481 e. The van der Waals surface area contributed by atoms with E-state index < -0.39 is 36.2 Å². The Labute approximate surface area is 88.2 Å². The second-order valence-electron chi connectivity index (χ2n) is 2.76. The number of ether oxygens (including phenoxy) is 1. The first-order chi connectivity index (χ1) is 7.20. The summed E-state index contributed by atoms with van der Waals surface area (Å²) in [4.78, 5) is 31.9. The number of Topliss-reactive ketones (excluding diaryl/α,β-unsaturated/α-hetero) is 1. The second kappa shape index (κ2) is 5.47. The van der Waals surface area contributed by atoms with Crippen LogP contribution in [-0.4, -0.2) is 35.6 Å². The third-order valence-electron chi connectivity index (χ3n) is 1.55. The van der Waals surface area contributed by atoms with Gasteiger partial charge in [-0.05, 0) is 6.92 Å². The SMILES string of the molecule is CCOC(=O)C(CC(=O)O)C(=O)C(F)(F)F. The molecular weight excluding hydrogens is 233 g/mol. The summed E-state index contributed by atoms with van der Waals surface area (Å²) in [5.74, 6) is -7.91. The summed E-state index contributed by atoms with van der Waals surface area (Å²) >= 11 is 0. The van der Waals surface area contributed by atoms with Crippen LogP contribution in [-0.2, 0) is 19.1 Å². The maximum Gasteiger partial charge on any atom is 0.450 e. The van der Waals surface area contributed by atoms with Gasteiger partial charge >= 0.3 is 18.1 Å². The zero-order valence-corrected chi connectivity index (χ0v) is 8.21. The van der Waals surface area contributed by atoms with Crippen LogP contribution in [0, 0.1) is 5.92 Å². The van der Waals surface area contributed by atoms with Crippen molar-refractivity contribution in [2.75, 3.05) is 6.61 Å². The topological polar surface area (TPSA) is 80.7 Å². The Balaban J connectivity index is 4.87. The molecule has 0 aliphatic heterocycles. The van der Waals surface area contributed by atoms with E-state index in [2.05, 4.69) is 4.74 Å². The number of carbonyl (C=O) groups excluding carboxylic acids is 2. The van der Waals surface area contributed by atoms with E-state index in [-0.39, 0.29) is 6.61 Å². The van der Waals surface area contributed by atoms with E-state index in [9.17, 15) is 27.6 Å². The predicted octanol–water partition coefficient (Wildman–Crippen LogP) is 0.772. The standard InChI is InChI=1S/C8H9F3O5/c1-2-16-7(15)4(3-5(12)13)6(14)8(9,10)11/h4H,2-3H2,1H3,(H,12,13). The Kier molecular flexibility index (Phi) is 4.93. The Bertz CT molecular complexity index is 297. The van der Waals surface area contributed by atoms with Gasteiger partial charge < -0.3 is 9.84 Å². The molecule has 5 nitrogen and oxygen atoms in total. The van der Waals surface area contributed by atoms with E-state index in [1.807, 2.05) is 0 Å². The van der Waals surface area contributed by atoms with Gasteiger partial charge in [0.25, 0.3) is 5.78 Å². The molecule has 1 unspecified atom stereocenters. The fraction of sp³-hybridized carbons (Fsp3) is 0.625. The van der Waals surface area contributed by atoms with Crippen molar-refractivity contribution in [2.24, 2.45) is 5.92 Å². The maximum atomic E-state index is 12.0. The van der Waals surface area contributed by atoms with Crippen molar-refractivity contribution in [3.05, 3.63) is 0 Å². The lowest BCUT2D eigenvalue weighted by Gasteiger charge is -2.13. The van der Waals surface area contributed by atoms with E-state index in [1.54, 1.807) is 0 Å². The Morgan fingerprint density at radius 1 is 1.31 bits per heavy atom. The normalized spacial score (nSPS) is 13.0. The lowest BCUT2D eigenvalue weighted by molar-refractivity contribution is -0.182. The molecule has 0 aromatic heterocycles. The van der Waals surface area contributed by atoms with Gasteiger partial charge in [0, 0.05) is 0 Å². The van der Waals surface area contributed by atoms with Gasteiger partial charge in [-0.3, -0.25) is 14.4 Å². The molecule has 1 N–H and O–H groups in total. The molecule has 1 atom stereocenters. The molecule has 0 spiro atoms. The van der Waals surface area contributed by atoms with Crippen molar-refractivity contribution in [3.8, 4) is 0 Å². The molecule has 0 aromatic carbocycles. The molecule has 0 amide bonds. The van der Waals surface area contributed by atoms with Gasteiger partial charge in [0.2, 0.25) is 0 Å². The minimum absolute atomic E-state index is 0.236. The highest BCUT2D eigenvalue weighted by molar-refractivity contribution is 6.03. The van der Waals surface area contributed by atoms with E-state index in [0.717, 1.165) is 0 Å². The van der Waals surface area contributed by atoms with Crippen molar-refractivity contribution < 1.29 is 37.4 Å². The van der Waals surface area contributed by atoms with Gasteiger partial charge in [-0.25, -0.2) is 0 Å². The van der Waals surface area contributed by atoms with E-state index in [0.29, 0.717) is 0 Å². The highest BCUT2D eigenvalue weighted by Gasteiger charge is 2.47. The lowest BCUT2D eigenvalue weighted by atomic mass is 10.00. The second-order valence-corrected chi connectivity index (χ2v) is 2.76. The van der Waals surface area contributed by atoms with Crippen molar-refractivity contribution >= 4 is 17.7 Å². The lowest BCUT2D eigenvalue weighted by Crippen LogP contribution is -2.37. The van der Waals surface area contributed by atoms with Gasteiger partial charge in [-0.15, -0.1) is 0 Å². The van der Waals surface area contributed by atoms with Crippen molar-refractivity contribution in [1.29, 1.82) is 0 Å². The van der Waals surface area contributed by atoms with Crippen LogP contribution in [0.1, 0.15) is 13.3 Å². The predicted molar refractivity (Wildman–Crippen MR) is 43.4 cm³/mol.